The summed E-state index contributed by atoms with van der Waals surface area (Å²) >= 11 is 1.85. The number of hydrogen-bond donors (Lipinski definition) is 2. The van der Waals surface area contributed by atoms with Gasteiger partial charge in [0, 0.05) is 17.8 Å². The van der Waals surface area contributed by atoms with E-state index in [1.807, 2.05) is 11.8 Å². The van der Waals surface area contributed by atoms with Crippen LogP contribution in [0, 0.1) is 0 Å². The van der Waals surface area contributed by atoms with Crippen LogP contribution in [0.15, 0.2) is 4.99 Å². The van der Waals surface area contributed by atoms with E-state index in [2.05, 4.69) is 49.6 Å². The van der Waals surface area contributed by atoms with Gasteiger partial charge in [0.05, 0.1) is 6.54 Å². The van der Waals surface area contributed by atoms with Crippen molar-refractivity contribution in [1.29, 1.82) is 0 Å². The SMILES string of the molecule is CCNC(=NCC(C)SC)NC(C)CC. The van der Waals surface area contributed by atoms with Crippen LogP contribution in [-0.2, 0) is 0 Å². The van der Waals surface area contributed by atoms with E-state index in [1.54, 1.807) is 0 Å². The van der Waals surface area contributed by atoms with Crippen LogP contribution in [0.3, 0.4) is 0 Å². The largest absolute Gasteiger partial charge is 0.357 e. The summed E-state index contributed by atoms with van der Waals surface area (Å²) in [4.78, 5) is 4.55. The average molecular weight is 231 g/mol. The highest BCUT2D eigenvalue weighted by molar-refractivity contribution is 7.99. The van der Waals surface area contributed by atoms with Gasteiger partial charge in [0.25, 0.3) is 0 Å². The number of guanidine groups is 1. The van der Waals surface area contributed by atoms with Gasteiger partial charge in [0.15, 0.2) is 5.96 Å². The summed E-state index contributed by atoms with van der Waals surface area (Å²) in [5, 5.41) is 7.21. The molecule has 90 valence electrons. The molecule has 0 heterocycles. The molecular formula is C11H25N3S. The van der Waals surface area contributed by atoms with Crippen LogP contribution in [0.4, 0.5) is 0 Å². The van der Waals surface area contributed by atoms with Crippen molar-refractivity contribution in [3.8, 4) is 0 Å². The Hall–Kier alpha value is -0.380. The molecule has 0 aliphatic rings. The number of hydrogen-bond acceptors (Lipinski definition) is 2. The lowest BCUT2D eigenvalue weighted by Crippen LogP contribution is -2.42. The zero-order valence-corrected chi connectivity index (χ0v) is 11.4. The lowest BCUT2D eigenvalue weighted by atomic mass is 10.3. The second-order valence-electron chi connectivity index (χ2n) is 3.72. The number of nitrogens with zero attached hydrogens (tertiary/aromatic N) is 1. The summed E-state index contributed by atoms with van der Waals surface area (Å²) in [5.74, 6) is 0.938. The van der Waals surface area contributed by atoms with Crippen molar-refractivity contribution >= 4 is 17.7 Å². The first-order chi connectivity index (χ1) is 7.13. The van der Waals surface area contributed by atoms with Crippen molar-refractivity contribution < 1.29 is 0 Å². The van der Waals surface area contributed by atoms with Crippen molar-refractivity contribution in [2.45, 2.75) is 45.4 Å². The van der Waals surface area contributed by atoms with Gasteiger partial charge in [-0.05, 0) is 26.5 Å². The number of thioether (sulfide) groups is 1. The minimum atomic E-state index is 0.479. The monoisotopic (exact) mass is 231 g/mol. The van der Waals surface area contributed by atoms with Crippen LogP contribution in [0.5, 0.6) is 0 Å². The summed E-state index contributed by atoms with van der Waals surface area (Å²) in [6.45, 7) is 10.4. The van der Waals surface area contributed by atoms with Gasteiger partial charge in [0.1, 0.15) is 0 Å². The number of aliphatic imine (C=N–C) groups is 1. The molecule has 0 spiro atoms. The smallest absolute Gasteiger partial charge is 0.191 e. The molecule has 3 nitrogen and oxygen atoms in total. The topological polar surface area (TPSA) is 36.4 Å². The molecular weight excluding hydrogens is 206 g/mol. The molecule has 0 fully saturated rings. The van der Waals surface area contributed by atoms with Crippen LogP contribution in [-0.4, -0.2) is 36.6 Å². The Morgan fingerprint density at radius 2 is 2.00 bits per heavy atom. The molecule has 0 radical (unpaired) electrons. The third kappa shape index (κ3) is 7.54. The number of rotatable bonds is 6. The van der Waals surface area contributed by atoms with Crippen LogP contribution < -0.4 is 10.6 Å². The van der Waals surface area contributed by atoms with E-state index in [1.165, 1.54) is 0 Å². The third-order valence-corrected chi connectivity index (χ3v) is 3.20. The fourth-order valence-electron chi connectivity index (χ4n) is 0.950. The van der Waals surface area contributed by atoms with Gasteiger partial charge in [-0.3, -0.25) is 4.99 Å². The molecule has 0 aliphatic carbocycles. The predicted molar refractivity (Wildman–Crippen MR) is 71.8 cm³/mol. The molecule has 0 bridgehead atoms. The van der Waals surface area contributed by atoms with E-state index in [4.69, 9.17) is 0 Å². The molecule has 0 aromatic heterocycles. The minimum absolute atomic E-state index is 0.479. The second-order valence-corrected chi connectivity index (χ2v) is 5.00. The maximum Gasteiger partial charge on any atom is 0.191 e. The summed E-state index contributed by atoms with van der Waals surface area (Å²) in [5.41, 5.74) is 0. The molecule has 0 aromatic rings. The molecule has 2 N–H and O–H groups in total. The molecule has 0 amide bonds. The van der Waals surface area contributed by atoms with Gasteiger partial charge in [-0.15, -0.1) is 0 Å². The summed E-state index contributed by atoms with van der Waals surface area (Å²) in [6, 6.07) is 0.479. The first kappa shape index (κ1) is 14.6. The first-order valence-corrected chi connectivity index (χ1v) is 7.00. The Bertz CT molecular complexity index is 183. The molecule has 0 aromatic carbocycles. The van der Waals surface area contributed by atoms with Crippen LogP contribution in [0.25, 0.3) is 0 Å². The Kier molecular flexibility index (Phi) is 8.67. The molecule has 2 atom stereocenters. The van der Waals surface area contributed by atoms with E-state index in [0.717, 1.165) is 25.5 Å². The Labute approximate surface area is 98.5 Å². The van der Waals surface area contributed by atoms with Gasteiger partial charge in [0.2, 0.25) is 0 Å². The highest BCUT2D eigenvalue weighted by Crippen LogP contribution is 2.04. The van der Waals surface area contributed by atoms with Crippen molar-refractivity contribution in [2.75, 3.05) is 19.3 Å². The van der Waals surface area contributed by atoms with Gasteiger partial charge >= 0.3 is 0 Å². The van der Waals surface area contributed by atoms with Gasteiger partial charge < -0.3 is 10.6 Å². The van der Waals surface area contributed by atoms with Gasteiger partial charge in [-0.25, -0.2) is 0 Å². The molecule has 0 saturated carbocycles. The quantitative estimate of drug-likeness (QED) is 0.543. The second kappa shape index (κ2) is 8.89. The third-order valence-electron chi connectivity index (χ3n) is 2.25. The maximum atomic E-state index is 4.55. The van der Waals surface area contributed by atoms with Crippen molar-refractivity contribution in [3.63, 3.8) is 0 Å². The molecule has 4 heteroatoms. The average Bonchev–Trinajstić information content (AvgIpc) is 2.25. The van der Waals surface area contributed by atoms with Gasteiger partial charge in [-0.1, -0.05) is 13.8 Å². The predicted octanol–water partition coefficient (Wildman–Crippen LogP) is 2.09. The van der Waals surface area contributed by atoms with E-state index in [-0.39, 0.29) is 0 Å². The summed E-state index contributed by atoms with van der Waals surface area (Å²) in [7, 11) is 0. The van der Waals surface area contributed by atoms with E-state index in [0.29, 0.717) is 11.3 Å². The fraction of sp³-hybridized carbons (Fsp3) is 0.909. The van der Waals surface area contributed by atoms with Crippen molar-refractivity contribution in [1.82, 2.24) is 10.6 Å². The first-order valence-electron chi connectivity index (χ1n) is 5.71. The molecule has 0 aliphatic heterocycles. The van der Waals surface area contributed by atoms with E-state index >= 15 is 0 Å². The zero-order valence-electron chi connectivity index (χ0n) is 10.6. The van der Waals surface area contributed by atoms with Crippen LogP contribution >= 0.6 is 11.8 Å². The van der Waals surface area contributed by atoms with Crippen molar-refractivity contribution in [2.24, 2.45) is 4.99 Å². The summed E-state index contributed by atoms with van der Waals surface area (Å²) < 4.78 is 0. The highest BCUT2D eigenvalue weighted by atomic mass is 32.2. The fourth-order valence-corrected chi connectivity index (χ4v) is 1.17. The Morgan fingerprint density at radius 3 is 2.47 bits per heavy atom. The lowest BCUT2D eigenvalue weighted by Gasteiger charge is -2.16. The molecule has 15 heavy (non-hydrogen) atoms. The van der Waals surface area contributed by atoms with Crippen LogP contribution in [0.1, 0.15) is 34.1 Å². The zero-order chi connectivity index (χ0) is 11.7. The Balaban J connectivity index is 4.11. The molecule has 0 rings (SSSR count). The van der Waals surface area contributed by atoms with Crippen LogP contribution in [0.2, 0.25) is 0 Å². The highest BCUT2D eigenvalue weighted by Gasteiger charge is 2.03. The molecule has 0 saturated heterocycles. The lowest BCUT2D eigenvalue weighted by molar-refractivity contribution is 0.624. The van der Waals surface area contributed by atoms with E-state index in [9.17, 15) is 0 Å². The normalized spacial score (nSPS) is 15.9. The van der Waals surface area contributed by atoms with Crippen molar-refractivity contribution in [3.05, 3.63) is 0 Å². The number of nitrogens with one attached hydrogen (secondary N) is 2. The van der Waals surface area contributed by atoms with Gasteiger partial charge in [-0.2, -0.15) is 11.8 Å². The Morgan fingerprint density at radius 1 is 1.33 bits per heavy atom. The maximum absolute atomic E-state index is 4.55. The van der Waals surface area contributed by atoms with E-state index < -0.39 is 0 Å². The molecule has 2 unspecified atom stereocenters. The standard InChI is InChI=1S/C11H25N3S/c1-6-9(3)14-11(12-7-2)13-8-10(4)15-5/h9-10H,6-8H2,1-5H3,(H2,12,13,14). The summed E-state index contributed by atoms with van der Waals surface area (Å²) in [6.07, 6.45) is 3.23. The minimum Gasteiger partial charge on any atom is -0.357 e.